The summed E-state index contributed by atoms with van der Waals surface area (Å²) in [5, 5.41) is 16.7. The molecule has 0 atom stereocenters. The number of rotatable bonds is 9. The van der Waals surface area contributed by atoms with E-state index in [4.69, 9.17) is 10.2 Å². The van der Waals surface area contributed by atoms with E-state index in [1.165, 1.54) is 0 Å². The highest BCUT2D eigenvalue weighted by Gasteiger charge is 2.01. The van der Waals surface area contributed by atoms with Gasteiger partial charge in [0.25, 0.3) is 0 Å². The molecule has 2 N–H and O–H groups in total. The van der Waals surface area contributed by atoms with Crippen LogP contribution >= 0.6 is 0 Å². The third kappa shape index (κ3) is 14.4. The van der Waals surface area contributed by atoms with Crippen molar-refractivity contribution in [1.82, 2.24) is 0 Å². The fraction of sp³-hybridized carbons (Fsp3) is 0.600. The Morgan fingerprint density at radius 3 is 1.47 bits per heavy atom. The molecule has 0 radical (unpaired) electrons. The minimum Gasteiger partial charge on any atom is -0.478 e. The average Bonchev–Trinajstić information content (AvgIpc) is 2.36. The van der Waals surface area contributed by atoms with Crippen LogP contribution in [-0.2, 0) is 9.59 Å². The van der Waals surface area contributed by atoms with Gasteiger partial charge in [-0.05, 0) is 25.7 Å². The molecule has 4 nitrogen and oxygen atoms in total. The molecule has 0 aromatic carbocycles. The lowest BCUT2D eigenvalue weighted by atomic mass is 10.1. The molecule has 0 saturated heterocycles. The van der Waals surface area contributed by atoms with Crippen molar-refractivity contribution >= 4 is 11.9 Å². The first-order valence-corrected chi connectivity index (χ1v) is 6.68. The lowest BCUT2D eigenvalue weighted by Crippen LogP contribution is -1.98. The SMILES string of the molecule is C=C(CCCC)C(=O)O.C=C(CCCCC)C(=O)O. The minimum atomic E-state index is -0.872. The summed E-state index contributed by atoms with van der Waals surface area (Å²) >= 11 is 0. The summed E-state index contributed by atoms with van der Waals surface area (Å²) in [6, 6.07) is 0. The molecule has 0 rings (SSSR count). The van der Waals surface area contributed by atoms with E-state index in [0.717, 1.165) is 32.1 Å². The Labute approximate surface area is 115 Å². The van der Waals surface area contributed by atoms with Crippen LogP contribution in [0, 0.1) is 0 Å². The summed E-state index contributed by atoms with van der Waals surface area (Å²) in [7, 11) is 0. The summed E-state index contributed by atoms with van der Waals surface area (Å²) in [5.74, 6) is -1.74. The topological polar surface area (TPSA) is 74.6 Å². The molecule has 0 aliphatic carbocycles. The Hall–Kier alpha value is -1.58. The number of aliphatic carboxylic acids is 2. The number of carboxylic acid groups (broad SMARTS) is 2. The number of hydrogen-bond acceptors (Lipinski definition) is 2. The van der Waals surface area contributed by atoms with E-state index < -0.39 is 11.9 Å². The van der Waals surface area contributed by atoms with Gasteiger partial charge < -0.3 is 10.2 Å². The van der Waals surface area contributed by atoms with Crippen LogP contribution in [0.5, 0.6) is 0 Å². The number of carboxylic acids is 2. The van der Waals surface area contributed by atoms with Crippen LogP contribution in [0.1, 0.15) is 58.8 Å². The Bertz CT molecular complexity index is 305. The second kappa shape index (κ2) is 12.9. The highest BCUT2D eigenvalue weighted by molar-refractivity contribution is 5.85. The fourth-order valence-corrected chi connectivity index (χ4v) is 1.19. The summed E-state index contributed by atoms with van der Waals surface area (Å²) in [6.07, 6.45) is 6.34. The van der Waals surface area contributed by atoms with Gasteiger partial charge in [0.05, 0.1) is 0 Å². The van der Waals surface area contributed by atoms with Gasteiger partial charge in [-0.25, -0.2) is 9.59 Å². The van der Waals surface area contributed by atoms with E-state index in [9.17, 15) is 9.59 Å². The molecule has 19 heavy (non-hydrogen) atoms. The highest BCUT2D eigenvalue weighted by Crippen LogP contribution is 2.06. The van der Waals surface area contributed by atoms with Gasteiger partial charge >= 0.3 is 11.9 Å². The molecule has 0 bridgehead atoms. The molecule has 0 aliphatic rings. The Balaban J connectivity index is 0. The molecule has 0 aliphatic heterocycles. The van der Waals surface area contributed by atoms with Crippen molar-refractivity contribution < 1.29 is 19.8 Å². The predicted molar refractivity (Wildman–Crippen MR) is 77.2 cm³/mol. The molecule has 0 unspecified atom stereocenters. The van der Waals surface area contributed by atoms with Crippen LogP contribution < -0.4 is 0 Å². The van der Waals surface area contributed by atoms with Gasteiger partial charge in [0, 0.05) is 11.1 Å². The van der Waals surface area contributed by atoms with E-state index >= 15 is 0 Å². The zero-order valence-corrected chi connectivity index (χ0v) is 12.1. The third-order valence-corrected chi connectivity index (χ3v) is 2.52. The van der Waals surface area contributed by atoms with Crippen molar-refractivity contribution in [2.75, 3.05) is 0 Å². The summed E-state index contributed by atoms with van der Waals surface area (Å²) in [6.45, 7) is 10.9. The van der Waals surface area contributed by atoms with E-state index in [1.54, 1.807) is 0 Å². The first-order valence-electron chi connectivity index (χ1n) is 6.68. The number of hydrogen-bond donors (Lipinski definition) is 2. The maximum absolute atomic E-state index is 10.2. The molecule has 0 aromatic heterocycles. The second-order valence-corrected chi connectivity index (χ2v) is 4.38. The smallest absolute Gasteiger partial charge is 0.330 e. The maximum Gasteiger partial charge on any atom is 0.330 e. The van der Waals surface area contributed by atoms with Gasteiger partial charge in [-0.2, -0.15) is 0 Å². The molecule has 4 heteroatoms. The molecule has 110 valence electrons. The van der Waals surface area contributed by atoms with Crippen LogP contribution in [0.2, 0.25) is 0 Å². The second-order valence-electron chi connectivity index (χ2n) is 4.38. The van der Waals surface area contributed by atoms with Gasteiger partial charge in [-0.3, -0.25) is 0 Å². The Morgan fingerprint density at radius 1 is 0.789 bits per heavy atom. The molecule has 0 saturated carbocycles. The fourth-order valence-electron chi connectivity index (χ4n) is 1.19. The van der Waals surface area contributed by atoms with Gasteiger partial charge in [-0.1, -0.05) is 46.3 Å². The number of carbonyl (C=O) groups is 2. The highest BCUT2D eigenvalue weighted by atomic mass is 16.4. The first kappa shape index (κ1) is 19.8. The van der Waals surface area contributed by atoms with Crippen molar-refractivity contribution in [3.63, 3.8) is 0 Å². The van der Waals surface area contributed by atoms with E-state index in [1.807, 2.05) is 6.92 Å². The monoisotopic (exact) mass is 270 g/mol. The van der Waals surface area contributed by atoms with Gasteiger partial charge in [0.2, 0.25) is 0 Å². The van der Waals surface area contributed by atoms with Crippen LogP contribution in [0.25, 0.3) is 0 Å². The van der Waals surface area contributed by atoms with Crippen LogP contribution in [0.4, 0.5) is 0 Å². The van der Waals surface area contributed by atoms with E-state index in [0.29, 0.717) is 24.0 Å². The van der Waals surface area contributed by atoms with Crippen molar-refractivity contribution in [2.24, 2.45) is 0 Å². The summed E-state index contributed by atoms with van der Waals surface area (Å²) < 4.78 is 0. The minimum absolute atomic E-state index is 0.317. The molecule has 0 heterocycles. The molecule has 0 amide bonds. The van der Waals surface area contributed by atoms with Crippen LogP contribution in [-0.4, -0.2) is 22.2 Å². The molecular weight excluding hydrogens is 244 g/mol. The lowest BCUT2D eigenvalue weighted by Gasteiger charge is -1.97. The summed E-state index contributed by atoms with van der Waals surface area (Å²) in [4.78, 5) is 20.3. The summed E-state index contributed by atoms with van der Waals surface area (Å²) in [5.41, 5.74) is 0.644. The Kier molecular flexibility index (Phi) is 13.4. The van der Waals surface area contributed by atoms with Gasteiger partial charge in [0.1, 0.15) is 0 Å². The van der Waals surface area contributed by atoms with E-state index in [2.05, 4.69) is 20.1 Å². The quantitative estimate of drug-likeness (QED) is 0.490. The number of unbranched alkanes of at least 4 members (excludes halogenated alkanes) is 3. The van der Waals surface area contributed by atoms with Crippen molar-refractivity contribution in [3.05, 3.63) is 24.3 Å². The third-order valence-electron chi connectivity index (χ3n) is 2.52. The lowest BCUT2D eigenvalue weighted by molar-refractivity contribution is -0.133. The molecule has 0 spiro atoms. The van der Waals surface area contributed by atoms with Crippen molar-refractivity contribution in [3.8, 4) is 0 Å². The average molecular weight is 270 g/mol. The zero-order chi connectivity index (χ0) is 15.3. The van der Waals surface area contributed by atoms with Gasteiger partial charge in [0.15, 0.2) is 0 Å². The van der Waals surface area contributed by atoms with Crippen molar-refractivity contribution in [2.45, 2.75) is 58.8 Å². The zero-order valence-electron chi connectivity index (χ0n) is 12.1. The largest absolute Gasteiger partial charge is 0.478 e. The maximum atomic E-state index is 10.2. The molecule has 0 fully saturated rings. The van der Waals surface area contributed by atoms with E-state index in [-0.39, 0.29) is 0 Å². The molecule has 0 aromatic rings. The van der Waals surface area contributed by atoms with Crippen LogP contribution in [0.3, 0.4) is 0 Å². The predicted octanol–water partition coefficient (Wildman–Crippen LogP) is 4.02. The molecular formula is C15H26O4. The van der Waals surface area contributed by atoms with Gasteiger partial charge in [-0.15, -0.1) is 0 Å². The van der Waals surface area contributed by atoms with Crippen molar-refractivity contribution in [1.29, 1.82) is 0 Å². The Morgan fingerprint density at radius 2 is 1.16 bits per heavy atom. The normalized spacial score (nSPS) is 9.16. The first-order chi connectivity index (χ1) is 8.86. The van der Waals surface area contributed by atoms with Crippen LogP contribution in [0.15, 0.2) is 24.3 Å². The standard InChI is InChI=1S/C8H14O2.C7H12O2/c1-3-4-5-6-7(2)8(9)10;1-3-4-5-6(2)7(8)9/h2-6H2,1H3,(H,9,10);2-5H2,1H3,(H,8,9).